The topological polar surface area (TPSA) is 48.7 Å². The predicted octanol–water partition coefficient (Wildman–Crippen LogP) is 8.72. The van der Waals surface area contributed by atoms with Crippen molar-refractivity contribution in [3.05, 3.63) is 150 Å². The Morgan fingerprint density at radius 2 is 1.27 bits per heavy atom. The molecule has 0 aliphatic carbocycles. The molecule has 40 heavy (non-hydrogen) atoms. The first-order chi connectivity index (χ1) is 19.7. The van der Waals surface area contributed by atoms with Crippen LogP contribution in [0.4, 0.5) is 0 Å². The van der Waals surface area contributed by atoms with E-state index < -0.39 is 0 Å². The summed E-state index contributed by atoms with van der Waals surface area (Å²) in [6, 6.07) is 42.6. The van der Waals surface area contributed by atoms with E-state index in [4.69, 9.17) is 13.9 Å². The summed E-state index contributed by atoms with van der Waals surface area (Å²) in [6.07, 6.45) is 0.740. The molecule has 0 saturated heterocycles. The maximum atomic E-state index is 11.6. The van der Waals surface area contributed by atoms with Gasteiger partial charge in [-0.2, -0.15) is 0 Å². The van der Waals surface area contributed by atoms with E-state index in [0.29, 0.717) is 12.2 Å². The highest BCUT2D eigenvalue weighted by Crippen LogP contribution is 2.37. The lowest BCUT2D eigenvalue weighted by Crippen LogP contribution is -2.01. The summed E-state index contributed by atoms with van der Waals surface area (Å²) in [5, 5.41) is 1.13. The van der Waals surface area contributed by atoms with Gasteiger partial charge in [-0.05, 0) is 58.1 Å². The minimum atomic E-state index is -0.346. The molecule has 0 bridgehead atoms. The van der Waals surface area contributed by atoms with Gasteiger partial charge in [-0.3, -0.25) is 0 Å². The Hall–Kier alpha value is -5.09. The van der Waals surface area contributed by atoms with Crippen LogP contribution >= 0.6 is 0 Å². The summed E-state index contributed by atoms with van der Waals surface area (Å²) in [5.74, 6) is 1.41. The van der Waals surface area contributed by atoms with Gasteiger partial charge >= 0.3 is 5.97 Å². The maximum absolute atomic E-state index is 11.6. The summed E-state index contributed by atoms with van der Waals surface area (Å²) in [4.78, 5) is 11.6. The van der Waals surface area contributed by atoms with Crippen LogP contribution in [-0.2, 0) is 17.8 Å². The van der Waals surface area contributed by atoms with Gasteiger partial charge in [0.2, 0.25) is 0 Å². The zero-order valence-electron chi connectivity index (χ0n) is 22.2. The van der Waals surface area contributed by atoms with Crippen LogP contribution in [0.3, 0.4) is 0 Å². The average Bonchev–Trinajstić information content (AvgIpc) is 3.38. The Balaban J connectivity index is 1.18. The number of carbonyl (C=O) groups is 1. The summed E-state index contributed by atoms with van der Waals surface area (Å²) in [5.41, 5.74) is 8.16. The number of hydrogen-bond acceptors (Lipinski definition) is 4. The van der Waals surface area contributed by atoms with Crippen LogP contribution < -0.4 is 4.74 Å². The second-order valence-electron chi connectivity index (χ2n) is 9.64. The van der Waals surface area contributed by atoms with Crippen molar-refractivity contribution >= 4 is 16.9 Å². The lowest BCUT2D eigenvalue weighted by molar-refractivity contribution is 0.0600. The molecule has 0 saturated carbocycles. The quantitative estimate of drug-likeness (QED) is 0.187. The molecular formula is C36H28O4. The molecule has 1 heterocycles. The molecule has 5 aromatic carbocycles. The number of fused-ring (bicyclic) bond motifs is 1. The van der Waals surface area contributed by atoms with Gasteiger partial charge in [-0.25, -0.2) is 4.79 Å². The van der Waals surface area contributed by atoms with Crippen LogP contribution in [0.25, 0.3) is 33.2 Å². The fourth-order valence-corrected chi connectivity index (χ4v) is 4.91. The zero-order valence-corrected chi connectivity index (χ0v) is 22.2. The predicted molar refractivity (Wildman–Crippen MR) is 158 cm³/mol. The number of furan rings is 1. The largest absolute Gasteiger partial charge is 0.489 e. The molecule has 4 heteroatoms. The second kappa shape index (κ2) is 11.3. The minimum absolute atomic E-state index is 0.346. The molecule has 0 aliphatic heterocycles. The fourth-order valence-electron chi connectivity index (χ4n) is 4.91. The zero-order chi connectivity index (χ0) is 27.3. The molecule has 0 amide bonds. The number of rotatable bonds is 8. The molecule has 6 aromatic rings. The number of carbonyl (C=O) groups excluding carboxylic acids is 1. The van der Waals surface area contributed by atoms with Crippen molar-refractivity contribution in [2.24, 2.45) is 0 Å². The molecule has 1 aromatic heterocycles. The Morgan fingerprint density at radius 3 is 1.98 bits per heavy atom. The van der Waals surface area contributed by atoms with Gasteiger partial charge in [-0.15, -0.1) is 0 Å². The van der Waals surface area contributed by atoms with Crippen molar-refractivity contribution in [1.29, 1.82) is 0 Å². The number of hydrogen-bond donors (Lipinski definition) is 0. The van der Waals surface area contributed by atoms with Crippen molar-refractivity contribution in [3.8, 4) is 28.0 Å². The summed E-state index contributed by atoms with van der Waals surface area (Å²) >= 11 is 0. The highest BCUT2D eigenvalue weighted by atomic mass is 16.5. The standard InChI is InChI=1S/C36H28O4/c1-38-36(37)30-13-11-26(12-14-30)24-39-31-21-19-28(20-22-31)27-15-17-29(18-16-27)35-32-9-5-6-10-33(32)40-34(35)23-25-7-3-2-4-8-25/h2-22H,23-24H2,1H3. The highest BCUT2D eigenvalue weighted by molar-refractivity contribution is 5.96. The van der Waals surface area contributed by atoms with Gasteiger partial charge in [-0.1, -0.05) is 97.1 Å². The normalized spacial score (nSPS) is 10.9. The number of ether oxygens (including phenoxy) is 2. The molecule has 0 fully saturated rings. The average molecular weight is 525 g/mol. The van der Waals surface area contributed by atoms with Crippen LogP contribution in [0.5, 0.6) is 5.75 Å². The Bertz CT molecular complexity index is 1730. The molecule has 0 unspecified atom stereocenters. The van der Waals surface area contributed by atoms with E-state index in [1.54, 1.807) is 12.1 Å². The van der Waals surface area contributed by atoms with E-state index in [1.165, 1.54) is 12.7 Å². The molecule has 6 rings (SSSR count). The van der Waals surface area contributed by atoms with Crippen LogP contribution in [0, 0.1) is 0 Å². The third-order valence-corrected chi connectivity index (χ3v) is 7.02. The summed E-state index contributed by atoms with van der Waals surface area (Å²) in [6.45, 7) is 0.416. The van der Waals surface area contributed by atoms with Crippen molar-refractivity contribution in [2.45, 2.75) is 13.0 Å². The van der Waals surface area contributed by atoms with E-state index in [1.807, 2.05) is 42.5 Å². The Morgan fingerprint density at radius 1 is 0.650 bits per heavy atom. The van der Waals surface area contributed by atoms with E-state index in [-0.39, 0.29) is 5.97 Å². The third-order valence-electron chi connectivity index (χ3n) is 7.02. The van der Waals surface area contributed by atoms with E-state index in [9.17, 15) is 4.79 Å². The second-order valence-corrected chi connectivity index (χ2v) is 9.64. The molecule has 0 N–H and O–H groups in total. The molecule has 0 aliphatic rings. The van der Waals surface area contributed by atoms with Crippen molar-refractivity contribution in [3.63, 3.8) is 0 Å². The molecule has 0 atom stereocenters. The van der Waals surface area contributed by atoms with E-state index in [2.05, 4.69) is 72.8 Å². The first-order valence-corrected chi connectivity index (χ1v) is 13.2. The van der Waals surface area contributed by atoms with Gasteiger partial charge in [0.15, 0.2) is 0 Å². The maximum Gasteiger partial charge on any atom is 0.337 e. The first kappa shape index (κ1) is 25.2. The lowest BCUT2D eigenvalue weighted by atomic mass is 9.96. The minimum Gasteiger partial charge on any atom is -0.489 e. The highest BCUT2D eigenvalue weighted by Gasteiger charge is 2.16. The SMILES string of the molecule is COC(=O)c1ccc(COc2ccc(-c3ccc(-c4c(Cc5ccccc5)oc5ccccc45)cc3)cc2)cc1. The molecule has 0 spiro atoms. The monoisotopic (exact) mass is 524 g/mol. The fraction of sp³-hybridized carbons (Fsp3) is 0.0833. The molecule has 196 valence electrons. The number of methoxy groups -OCH3 is 1. The first-order valence-electron chi connectivity index (χ1n) is 13.2. The van der Waals surface area contributed by atoms with E-state index in [0.717, 1.165) is 56.7 Å². The third kappa shape index (κ3) is 5.38. The smallest absolute Gasteiger partial charge is 0.337 e. The van der Waals surface area contributed by atoms with Crippen LogP contribution in [0.1, 0.15) is 27.2 Å². The van der Waals surface area contributed by atoms with Gasteiger partial charge in [0.1, 0.15) is 23.7 Å². The molecular weight excluding hydrogens is 496 g/mol. The number of para-hydroxylation sites is 1. The van der Waals surface area contributed by atoms with Crippen LogP contribution in [0.2, 0.25) is 0 Å². The summed E-state index contributed by atoms with van der Waals surface area (Å²) in [7, 11) is 1.38. The van der Waals surface area contributed by atoms with Crippen molar-refractivity contribution in [1.82, 2.24) is 0 Å². The molecule has 0 radical (unpaired) electrons. The Kier molecular flexibility index (Phi) is 7.14. The number of benzene rings is 5. The Labute approximate surface area is 233 Å². The number of esters is 1. The van der Waals surface area contributed by atoms with Crippen LogP contribution in [0.15, 0.2) is 132 Å². The van der Waals surface area contributed by atoms with Crippen molar-refractivity contribution < 1.29 is 18.7 Å². The van der Waals surface area contributed by atoms with Gasteiger partial charge in [0, 0.05) is 17.4 Å². The van der Waals surface area contributed by atoms with Crippen LogP contribution in [-0.4, -0.2) is 13.1 Å². The lowest BCUT2D eigenvalue weighted by Gasteiger charge is -2.09. The van der Waals surface area contributed by atoms with Crippen molar-refractivity contribution in [2.75, 3.05) is 7.11 Å². The van der Waals surface area contributed by atoms with Gasteiger partial charge in [0.25, 0.3) is 0 Å². The molecule has 4 nitrogen and oxygen atoms in total. The van der Waals surface area contributed by atoms with Gasteiger partial charge < -0.3 is 13.9 Å². The van der Waals surface area contributed by atoms with E-state index >= 15 is 0 Å². The van der Waals surface area contributed by atoms with Gasteiger partial charge in [0.05, 0.1) is 12.7 Å². The summed E-state index contributed by atoms with van der Waals surface area (Å²) < 4.78 is 17.0.